The molecular formula is C29H23N3O6S. The SMILES string of the molecule is O=Cc1cc(NC(=O)c2cccc(C(=O)c3ccccc3)c2)sc1CN(C=O)[C@@H](C(=O)NO)c1ccccc1. The Bertz CT molecular complexity index is 1500. The number of ketones is 1. The smallest absolute Gasteiger partial charge is 0.270 e. The predicted molar refractivity (Wildman–Crippen MR) is 145 cm³/mol. The summed E-state index contributed by atoms with van der Waals surface area (Å²) in [6, 6.07) is 23.7. The van der Waals surface area contributed by atoms with Crippen LogP contribution < -0.4 is 10.8 Å². The maximum Gasteiger partial charge on any atom is 0.270 e. The highest BCUT2D eigenvalue weighted by Crippen LogP contribution is 2.30. The van der Waals surface area contributed by atoms with E-state index in [1.54, 1.807) is 84.3 Å². The Hall–Kier alpha value is -4.93. The van der Waals surface area contributed by atoms with Gasteiger partial charge in [0.05, 0.1) is 11.5 Å². The molecule has 0 bridgehead atoms. The number of anilines is 1. The summed E-state index contributed by atoms with van der Waals surface area (Å²) in [6.07, 6.45) is 1.04. The Kier molecular flexibility index (Phi) is 8.72. The van der Waals surface area contributed by atoms with E-state index in [0.717, 1.165) is 16.2 Å². The average Bonchev–Trinajstić information content (AvgIpc) is 3.38. The van der Waals surface area contributed by atoms with Gasteiger partial charge >= 0.3 is 0 Å². The number of aldehydes is 1. The van der Waals surface area contributed by atoms with Crippen molar-refractivity contribution in [3.63, 3.8) is 0 Å². The van der Waals surface area contributed by atoms with Gasteiger partial charge in [-0.05, 0) is 23.8 Å². The zero-order valence-electron chi connectivity index (χ0n) is 20.4. The Balaban J connectivity index is 1.54. The Labute approximate surface area is 227 Å². The third kappa shape index (κ3) is 6.32. The Morgan fingerprint density at radius 3 is 2.13 bits per heavy atom. The van der Waals surface area contributed by atoms with Gasteiger partial charge in [0.25, 0.3) is 11.8 Å². The third-order valence-electron chi connectivity index (χ3n) is 5.90. The molecule has 0 unspecified atom stereocenters. The molecule has 1 heterocycles. The molecule has 1 aromatic heterocycles. The van der Waals surface area contributed by atoms with E-state index in [1.807, 2.05) is 0 Å². The second-order valence-corrected chi connectivity index (χ2v) is 9.54. The topological polar surface area (TPSA) is 133 Å². The molecule has 0 aliphatic carbocycles. The van der Waals surface area contributed by atoms with E-state index >= 15 is 0 Å². The number of nitrogens with zero attached hydrogens (tertiary/aromatic N) is 1. The largest absolute Gasteiger partial charge is 0.324 e. The van der Waals surface area contributed by atoms with E-state index in [4.69, 9.17) is 0 Å². The minimum Gasteiger partial charge on any atom is -0.324 e. The molecule has 3 N–H and O–H groups in total. The normalized spacial score (nSPS) is 11.2. The summed E-state index contributed by atoms with van der Waals surface area (Å²) in [5.74, 6) is -1.53. The summed E-state index contributed by atoms with van der Waals surface area (Å²) >= 11 is 1.07. The molecular weight excluding hydrogens is 518 g/mol. The number of hydroxylamine groups is 1. The van der Waals surface area contributed by atoms with E-state index in [-0.39, 0.29) is 23.5 Å². The van der Waals surface area contributed by atoms with E-state index < -0.39 is 17.9 Å². The van der Waals surface area contributed by atoms with Gasteiger partial charge in [-0.2, -0.15) is 0 Å². The quantitative estimate of drug-likeness (QED) is 0.113. The summed E-state index contributed by atoms with van der Waals surface area (Å²) < 4.78 is 0. The Morgan fingerprint density at radius 1 is 0.846 bits per heavy atom. The van der Waals surface area contributed by atoms with E-state index in [9.17, 15) is 29.2 Å². The second kappa shape index (κ2) is 12.5. The fourth-order valence-electron chi connectivity index (χ4n) is 4.01. The maximum absolute atomic E-state index is 13.0. The van der Waals surface area contributed by atoms with Crippen LogP contribution in [0.1, 0.15) is 53.1 Å². The molecule has 0 aliphatic heterocycles. The number of carbonyl (C=O) groups excluding carboxylic acids is 5. The highest BCUT2D eigenvalue weighted by Gasteiger charge is 2.28. The molecule has 4 aromatic rings. The van der Waals surface area contributed by atoms with Crippen LogP contribution in [0.15, 0.2) is 91.0 Å². The Morgan fingerprint density at radius 2 is 1.49 bits per heavy atom. The van der Waals surface area contributed by atoms with Crippen molar-refractivity contribution in [1.29, 1.82) is 0 Å². The molecule has 0 aliphatic rings. The lowest BCUT2D eigenvalue weighted by atomic mass is 10.0. The van der Waals surface area contributed by atoms with E-state index in [0.29, 0.717) is 39.3 Å². The van der Waals surface area contributed by atoms with Crippen LogP contribution in [0.2, 0.25) is 0 Å². The number of rotatable bonds is 11. The second-order valence-electron chi connectivity index (χ2n) is 8.40. The van der Waals surface area contributed by atoms with Gasteiger partial charge < -0.3 is 10.2 Å². The predicted octanol–water partition coefficient (Wildman–Crippen LogP) is 4.25. The van der Waals surface area contributed by atoms with E-state index in [2.05, 4.69) is 5.32 Å². The molecule has 0 saturated heterocycles. The zero-order valence-corrected chi connectivity index (χ0v) is 21.3. The van der Waals surface area contributed by atoms with Crippen LogP contribution in [0.5, 0.6) is 0 Å². The van der Waals surface area contributed by atoms with Crippen LogP contribution in [-0.2, 0) is 16.1 Å². The minimum atomic E-state index is -1.15. The lowest BCUT2D eigenvalue weighted by molar-refractivity contribution is -0.139. The molecule has 1 atom stereocenters. The molecule has 196 valence electrons. The fourth-order valence-corrected chi connectivity index (χ4v) is 5.05. The van der Waals surface area contributed by atoms with Gasteiger partial charge in [-0.15, -0.1) is 11.3 Å². The van der Waals surface area contributed by atoms with Crippen LogP contribution in [-0.4, -0.2) is 40.4 Å². The first-order valence-corrected chi connectivity index (χ1v) is 12.6. The van der Waals surface area contributed by atoms with Crippen molar-refractivity contribution in [2.45, 2.75) is 12.6 Å². The summed E-state index contributed by atoms with van der Waals surface area (Å²) in [7, 11) is 0. The summed E-state index contributed by atoms with van der Waals surface area (Å²) in [4.78, 5) is 63.5. The van der Waals surface area contributed by atoms with Gasteiger partial charge in [0.15, 0.2) is 12.1 Å². The molecule has 4 rings (SSSR count). The first kappa shape index (κ1) is 27.1. The van der Waals surface area contributed by atoms with Crippen molar-refractivity contribution in [3.05, 3.63) is 124 Å². The van der Waals surface area contributed by atoms with Gasteiger partial charge in [-0.1, -0.05) is 72.8 Å². The maximum atomic E-state index is 13.0. The summed E-state index contributed by atoms with van der Waals surface area (Å²) in [5.41, 5.74) is 3.36. The molecule has 9 nitrogen and oxygen atoms in total. The van der Waals surface area contributed by atoms with Crippen molar-refractivity contribution in [2.24, 2.45) is 0 Å². The van der Waals surface area contributed by atoms with Crippen molar-refractivity contribution >= 4 is 46.6 Å². The molecule has 0 spiro atoms. The van der Waals surface area contributed by atoms with Gasteiger partial charge in [0.2, 0.25) is 6.41 Å². The molecule has 0 radical (unpaired) electrons. The van der Waals surface area contributed by atoms with Crippen LogP contribution in [0.3, 0.4) is 0 Å². The standard InChI is InChI=1S/C29H23N3O6S/c33-17-23-15-25(30-28(36)22-13-7-12-21(14-22)27(35)20-10-5-2-6-11-20)39-24(23)16-32(18-34)26(29(37)31-38)19-8-3-1-4-9-19/h1-15,17-18,26,38H,16H2,(H,30,36)(H,31,37)/t26-/m1/s1. The number of hydrogen-bond acceptors (Lipinski definition) is 7. The summed E-state index contributed by atoms with van der Waals surface area (Å²) in [5, 5.41) is 12.3. The van der Waals surface area contributed by atoms with Crippen LogP contribution >= 0.6 is 11.3 Å². The molecule has 0 fully saturated rings. The number of hydrogen-bond donors (Lipinski definition) is 3. The highest BCUT2D eigenvalue weighted by atomic mass is 32.1. The fraction of sp³-hybridized carbons (Fsp3) is 0.0690. The number of thiophene rings is 1. The highest BCUT2D eigenvalue weighted by molar-refractivity contribution is 7.16. The molecule has 10 heteroatoms. The van der Waals surface area contributed by atoms with Gasteiger partial charge in [-0.25, -0.2) is 5.48 Å². The summed E-state index contributed by atoms with van der Waals surface area (Å²) in [6.45, 7) is -0.133. The van der Waals surface area contributed by atoms with Gasteiger partial charge in [-0.3, -0.25) is 29.2 Å². The first-order chi connectivity index (χ1) is 18.9. The lowest BCUT2D eigenvalue weighted by Crippen LogP contribution is -2.38. The number of carbonyl (C=O) groups is 5. The number of benzene rings is 3. The molecule has 3 aromatic carbocycles. The van der Waals surface area contributed by atoms with Gasteiger partial charge in [0, 0.05) is 27.1 Å². The third-order valence-corrected chi connectivity index (χ3v) is 6.95. The molecule has 3 amide bonds. The van der Waals surface area contributed by atoms with Crippen molar-refractivity contribution in [3.8, 4) is 0 Å². The van der Waals surface area contributed by atoms with Crippen LogP contribution in [0, 0.1) is 0 Å². The minimum absolute atomic E-state index is 0.133. The van der Waals surface area contributed by atoms with E-state index in [1.165, 1.54) is 12.1 Å². The van der Waals surface area contributed by atoms with Crippen molar-refractivity contribution in [2.75, 3.05) is 5.32 Å². The lowest BCUT2D eigenvalue weighted by Gasteiger charge is -2.26. The number of nitrogens with one attached hydrogen (secondary N) is 2. The monoisotopic (exact) mass is 541 g/mol. The molecule has 39 heavy (non-hydrogen) atoms. The average molecular weight is 542 g/mol. The first-order valence-electron chi connectivity index (χ1n) is 11.7. The number of amides is 3. The molecule has 0 saturated carbocycles. The van der Waals surface area contributed by atoms with Crippen molar-refractivity contribution < 1.29 is 29.2 Å². The van der Waals surface area contributed by atoms with Crippen molar-refractivity contribution in [1.82, 2.24) is 10.4 Å². The van der Waals surface area contributed by atoms with Gasteiger partial charge in [0.1, 0.15) is 6.04 Å². The van der Waals surface area contributed by atoms with Crippen LogP contribution in [0.4, 0.5) is 5.00 Å². The zero-order chi connectivity index (χ0) is 27.8. The van der Waals surface area contributed by atoms with Crippen LogP contribution in [0.25, 0.3) is 0 Å².